The van der Waals surface area contributed by atoms with Crippen LogP contribution in [0.25, 0.3) is 0 Å². The molecule has 0 saturated carbocycles. The molecule has 0 radical (unpaired) electrons. The van der Waals surface area contributed by atoms with Crippen LogP contribution in [0.2, 0.25) is 10.0 Å². The number of hydrogen-bond acceptors (Lipinski definition) is 4. The van der Waals surface area contributed by atoms with Crippen molar-refractivity contribution in [1.29, 1.82) is 0 Å². The van der Waals surface area contributed by atoms with Crippen LogP contribution in [0.1, 0.15) is 5.56 Å². The van der Waals surface area contributed by atoms with Gasteiger partial charge in [-0.3, -0.25) is 0 Å². The van der Waals surface area contributed by atoms with E-state index in [2.05, 4.69) is 20.6 Å². The van der Waals surface area contributed by atoms with Crippen molar-refractivity contribution in [2.24, 2.45) is 0 Å². The minimum atomic E-state index is -0.308. The fourth-order valence-electron chi connectivity index (χ4n) is 2.26. The molecule has 2 aromatic carbocycles. The normalized spacial score (nSPS) is 10.5. The van der Waals surface area contributed by atoms with Gasteiger partial charge in [-0.2, -0.15) is 4.98 Å². The molecule has 7 heteroatoms. The average Bonchev–Trinajstić information content (AvgIpc) is 2.57. The quantitative estimate of drug-likeness (QED) is 0.610. The van der Waals surface area contributed by atoms with Gasteiger partial charge in [-0.05, 0) is 48.4 Å². The number of nitrogens with zero attached hydrogens (tertiary/aromatic N) is 2. The molecule has 0 aliphatic rings. The van der Waals surface area contributed by atoms with E-state index in [0.717, 1.165) is 5.56 Å². The van der Waals surface area contributed by atoms with Gasteiger partial charge < -0.3 is 10.6 Å². The van der Waals surface area contributed by atoms with E-state index in [-0.39, 0.29) is 5.82 Å². The van der Waals surface area contributed by atoms with Crippen molar-refractivity contribution in [3.63, 3.8) is 0 Å². The zero-order valence-corrected chi connectivity index (χ0v) is 14.7. The Hall–Kier alpha value is -2.37. The van der Waals surface area contributed by atoms with Gasteiger partial charge >= 0.3 is 0 Å². The van der Waals surface area contributed by atoms with E-state index in [0.29, 0.717) is 40.5 Å². The lowest BCUT2D eigenvalue weighted by Crippen LogP contribution is -2.09. The molecule has 1 heterocycles. The molecular weight excluding hydrogens is 362 g/mol. The van der Waals surface area contributed by atoms with Gasteiger partial charge in [0, 0.05) is 28.5 Å². The van der Waals surface area contributed by atoms with E-state index in [4.69, 9.17) is 23.2 Å². The molecule has 3 aromatic rings. The maximum absolute atomic E-state index is 13.2. The Labute approximate surface area is 155 Å². The lowest BCUT2D eigenvalue weighted by atomic mass is 10.1. The Morgan fingerprint density at radius 2 is 1.92 bits per heavy atom. The van der Waals surface area contributed by atoms with Gasteiger partial charge in [0.2, 0.25) is 5.95 Å². The summed E-state index contributed by atoms with van der Waals surface area (Å²) in [5, 5.41) is 7.43. The van der Waals surface area contributed by atoms with Crippen LogP contribution >= 0.6 is 23.2 Å². The molecular formula is C18H15Cl2FN4. The minimum Gasteiger partial charge on any atom is -0.354 e. The molecule has 0 atom stereocenters. The summed E-state index contributed by atoms with van der Waals surface area (Å²) in [5.41, 5.74) is 1.62. The van der Waals surface area contributed by atoms with Crippen LogP contribution in [0.15, 0.2) is 54.7 Å². The topological polar surface area (TPSA) is 49.8 Å². The van der Waals surface area contributed by atoms with Crippen LogP contribution in [0.4, 0.5) is 21.8 Å². The van der Waals surface area contributed by atoms with Crippen molar-refractivity contribution in [1.82, 2.24) is 9.97 Å². The van der Waals surface area contributed by atoms with Crippen molar-refractivity contribution in [2.45, 2.75) is 6.42 Å². The molecule has 0 bridgehead atoms. The Balaban J connectivity index is 1.60. The van der Waals surface area contributed by atoms with Gasteiger partial charge in [-0.25, -0.2) is 9.37 Å². The van der Waals surface area contributed by atoms with Gasteiger partial charge in [-0.15, -0.1) is 0 Å². The highest BCUT2D eigenvalue weighted by atomic mass is 35.5. The Kier molecular flexibility index (Phi) is 5.68. The Bertz CT molecular complexity index is 873. The summed E-state index contributed by atoms with van der Waals surface area (Å²) in [5.74, 6) is 0.747. The number of nitrogens with one attached hydrogen (secondary N) is 2. The lowest BCUT2D eigenvalue weighted by molar-refractivity contribution is 0.628. The zero-order valence-electron chi connectivity index (χ0n) is 13.1. The molecule has 128 valence electrons. The maximum atomic E-state index is 13.2. The molecule has 25 heavy (non-hydrogen) atoms. The molecule has 0 spiro atoms. The van der Waals surface area contributed by atoms with Gasteiger partial charge in [0.1, 0.15) is 11.6 Å². The number of benzene rings is 2. The van der Waals surface area contributed by atoms with E-state index in [1.165, 1.54) is 12.1 Å². The molecule has 0 aliphatic heterocycles. The van der Waals surface area contributed by atoms with Crippen molar-refractivity contribution < 1.29 is 4.39 Å². The number of rotatable bonds is 6. The van der Waals surface area contributed by atoms with E-state index < -0.39 is 0 Å². The van der Waals surface area contributed by atoms with Crippen LogP contribution in [0.3, 0.4) is 0 Å². The predicted octanol–water partition coefficient (Wildman–Crippen LogP) is 5.32. The number of halogens is 3. The number of anilines is 3. The fraction of sp³-hybridized carbons (Fsp3) is 0.111. The molecule has 0 unspecified atom stereocenters. The SMILES string of the molecule is Fc1cccc(Nc2ccnc(NCCc3ccc(Cl)cc3Cl)n2)c1. The van der Waals surface area contributed by atoms with Crippen LogP contribution in [0, 0.1) is 5.82 Å². The third-order valence-corrected chi connectivity index (χ3v) is 4.03. The first-order chi connectivity index (χ1) is 12.1. The number of aromatic nitrogens is 2. The fourth-order valence-corrected chi connectivity index (χ4v) is 2.76. The standard InChI is InChI=1S/C18H15Cl2FN4/c19-13-5-4-12(16(20)10-13)6-8-22-18-23-9-7-17(25-18)24-15-3-1-2-14(21)11-15/h1-5,7,9-11H,6,8H2,(H2,22,23,24,25). The second-order valence-electron chi connectivity index (χ2n) is 5.31. The van der Waals surface area contributed by atoms with E-state index in [9.17, 15) is 4.39 Å². The molecule has 1 aromatic heterocycles. The second-order valence-corrected chi connectivity index (χ2v) is 6.16. The van der Waals surface area contributed by atoms with Crippen molar-refractivity contribution >= 4 is 40.7 Å². The number of hydrogen-bond donors (Lipinski definition) is 2. The Morgan fingerprint density at radius 1 is 1.04 bits per heavy atom. The largest absolute Gasteiger partial charge is 0.354 e. The van der Waals surface area contributed by atoms with E-state index in [1.807, 2.05) is 12.1 Å². The van der Waals surface area contributed by atoms with E-state index >= 15 is 0 Å². The highest BCUT2D eigenvalue weighted by Crippen LogP contribution is 2.21. The van der Waals surface area contributed by atoms with Gasteiger partial charge in [0.15, 0.2) is 0 Å². The highest BCUT2D eigenvalue weighted by Gasteiger charge is 2.03. The summed E-state index contributed by atoms with van der Waals surface area (Å²) < 4.78 is 13.2. The molecule has 0 saturated heterocycles. The highest BCUT2D eigenvalue weighted by molar-refractivity contribution is 6.35. The van der Waals surface area contributed by atoms with Crippen LogP contribution in [-0.4, -0.2) is 16.5 Å². The molecule has 0 fully saturated rings. The Morgan fingerprint density at radius 3 is 2.72 bits per heavy atom. The summed E-state index contributed by atoms with van der Waals surface area (Å²) in [4.78, 5) is 8.53. The van der Waals surface area contributed by atoms with E-state index in [1.54, 1.807) is 30.5 Å². The van der Waals surface area contributed by atoms with Crippen molar-refractivity contribution in [3.05, 3.63) is 76.2 Å². The molecule has 2 N–H and O–H groups in total. The third-order valence-electron chi connectivity index (χ3n) is 3.45. The second kappa shape index (κ2) is 8.14. The average molecular weight is 377 g/mol. The van der Waals surface area contributed by atoms with Gasteiger partial charge in [-0.1, -0.05) is 35.3 Å². The monoisotopic (exact) mass is 376 g/mol. The smallest absolute Gasteiger partial charge is 0.224 e. The summed E-state index contributed by atoms with van der Waals surface area (Å²) in [6, 6.07) is 13.3. The van der Waals surface area contributed by atoms with Crippen LogP contribution in [0.5, 0.6) is 0 Å². The van der Waals surface area contributed by atoms with Crippen molar-refractivity contribution in [3.8, 4) is 0 Å². The van der Waals surface area contributed by atoms with Crippen LogP contribution in [-0.2, 0) is 6.42 Å². The predicted molar refractivity (Wildman–Crippen MR) is 100 cm³/mol. The van der Waals surface area contributed by atoms with Crippen LogP contribution < -0.4 is 10.6 Å². The van der Waals surface area contributed by atoms with Gasteiger partial charge in [0.25, 0.3) is 0 Å². The van der Waals surface area contributed by atoms with Crippen molar-refractivity contribution in [2.75, 3.05) is 17.2 Å². The summed E-state index contributed by atoms with van der Waals surface area (Å²) in [6.45, 7) is 0.616. The molecule has 0 amide bonds. The lowest BCUT2D eigenvalue weighted by Gasteiger charge is -2.09. The first-order valence-corrected chi connectivity index (χ1v) is 8.39. The summed E-state index contributed by atoms with van der Waals surface area (Å²) in [7, 11) is 0. The summed E-state index contributed by atoms with van der Waals surface area (Å²) in [6.07, 6.45) is 2.34. The molecule has 3 rings (SSSR count). The molecule has 0 aliphatic carbocycles. The summed E-state index contributed by atoms with van der Waals surface area (Å²) >= 11 is 12.0. The zero-order chi connectivity index (χ0) is 17.6. The molecule has 4 nitrogen and oxygen atoms in total. The maximum Gasteiger partial charge on any atom is 0.224 e. The first-order valence-electron chi connectivity index (χ1n) is 7.63. The minimum absolute atomic E-state index is 0.308. The van der Waals surface area contributed by atoms with Gasteiger partial charge in [0.05, 0.1) is 0 Å². The third kappa shape index (κ3) is 5.05. The first kappa shape index (κ1) is 17.5.